The number of ether oxygens (including phenoxy) is 2. The number of carbonyl (C=O) groups excluding carboxylic acids is 1. The largest absolute Gasteiger partial charge is 0.488 e. The molecule has 5 nitrogen and oxygen atoms in total. The van der Waals surface area contributed by atoms with Gasteiger partial charge in [-0.1, -0.05) is 42.5 Å². The Morgan fingerprint density at radius 1 is 1.23 bits per heavy atom. The van der Waals surface area contributed by atoms with Gasteiger partial charge >= 0.3 is 0 Å². The molecule has 0 aromatic heterocycles. The summed E-state index contributed by atoms with van der Waals surface area (Å²) in [6.07, 6.45) is 0.322. The van der Waals surface area contributed by atoms with Gasteiger partial charge in [-0.2, -0.15) is 0 Å². The molecule has 138 valence electrons. The monoisotopic (exact) mass is 358 g/mol. The maximum Gasteiger partial charge on any atom is 0.222 e. The van der Waals surface area contributed by atoms with Gasteiger partial charge in [0.05, 0.1) is 19.3 Å². The molecule has 2 aromatic carbocycles. The predicted molar refractivity (Wildman–Crippen MR) is 96.4 cm³/mol. The van der Waals surface area contributed by atoms with Crippen molar-refractivity contribution in [3.05, 3.63) is 66.0 Å². The molecule has 0 aliphatic carbocycles. The van der Waals surface area contributed by atoms with E-state index in [0.717, 1.165) is 12.1 Å². The minimum atomic E-state index is -0.422. The third kappa shape index (κ3) is 5.28. The highest BCUT2D eigenvalue weighted by atomic mass is 19.1. The van der Waals surface area contributed by atoms with Gasteiger partial charge in [-0.15, -0.1) is 0 Å². The molecule has 26 heavy (non-hydrogen) atoms. The maximum atomic E-state index is 13.8. The van der Waals surface area contributed by atoms with Gasteiger partial charge in [-0.25, -0.2) is 4.39 Å². The van der Waals surface area contributed by atoms with E-state index in [0.29, 0.717) is 19.6 Å². The summed E-state index contributed by atoms with van der Waals surface area (Å²) in [6.45, 7) is 2.08. The molecule has 2 unspecified atom stereocenters. The lowest BCUT2D eigenvalue weighted by Crippen LogP contribution is -2.45. The summed E-state index contributed by atoms with van der Waals surface area (Å²) < 4.78 is 24.8. The lowest BCUT2D eigenvalue weighted by Gasteiger charge is -2.25. The zero-order valence-corrected chi connectivity index (χ0v) is 14.5. The highest BCUT2D eigenvalue weighted by molar-refractivity contribution is 5.77. The fraction of sp³-hybridized carbons (Fsp3) is 0.350. The molecule has 0 saturated carbocycles. The van der Waals surface area contributed by atoms with E-state index in [1.165, 1.54) is 6.07 Å². The van der Waals surface area contributed by atoms with Gasteiger partial charge in [0.2, 0.25) is 5.91 Å². The number of morpholine rings is 1. The molecular formula is C20H23FN2O3. The zero-order chi connectivity index (χ0) is 18.2. The molecule has 1 saturated heterocycles. The lowest BCUT2D eigenvalue weighted by atomic mass is 10.1. The van der Waals surface area contributed by atoms with Crippen LogP contribution in [0.4, 0.5) is 4.39 Å². The smallest absolute Gasteiger partial charge is 0.222 e. The molecule has 1 fully saturated rings. The molecule has 0 spiro atoms. The second-order valence-electron chi connectivity index (χ2n) is 6.20. The predicted octanol–water partition coefficient (Wildman–Crippen LogP) is 2.44. The highest BCUT2D eigenvalue weighted by Gasteiger charge is 2.21. The van der Waals surface area contributed by atoms with Crippen molar-refractivity contribution in [2.45, 2.75) is 18.5 Å². The Morgan fingerprint density at radius 2 is 2.00 bits per heavy atom. The van der Waals surface area contributed by atoms with Gasteiger partial charge in [0, 0.05) is 19.0 Å². The fourth-order valence-corrected chi connectivity index (χ4v) is 2.87. The van der Waals surface area contributed by atoms with E-state index in [-0.39, 0.29) is 30.3 Å². The molecule has 1 aliphatic heterocycles. The summed E-state index contributed by atoms with van der Waals surface area (Å²) in [5, 5.41) is 6.25. The molecule has 2 atom stereocenters. The van der Waals surface area contributed by atoms with Gasteiger partial charge < -0.3 is 20.1 Å². The summed E-state index contributed by atoms with van der Waals surface area (Å²) in [4.78, 5) is 12.4. The molecule has 1 heterocycles. The first kappa shape index (κ1) is 18.4. The van der Waals surface area contributed by atoms with Gasteiger partial charge in [-0.3, -0.25) is 4.79 Å². The second kappa shape index (κ2) is 9.31. The Bertz CT molecular complexity index is 705. The van der Waals surface area contributed by atoms with E-state index in [2.05, 4.69) is 10.6 Å². The third-order valence-electron chi connectivity index (χ3n) is 4.21. The Balaban J connectivity index is 1.63. The van der Waals surface area contributed by atoms with Gasteiger partial charge in [0.25, 0.3) is 0 Å². The van der Waals surface area contributed by atoms with Crippen molar-refractivity contribution in [2.24, 2.45) is 0 Å². The molecule has 1 amide bonds. The van der Waals surface area contributed by atoms with Crippen molar-refractivity contribution >= 4 is 5.91 Å². The number of nitrogens with one attached hydrogen (secondary N) is 2. The Morgan fingerprint density at radius 3 is 2.73 bits per heavy atom. The van der Waals surface area contributed by atoms with Crippen molar-refractivity contribution in [1.29, 1.82) is 0 Å². The molecule has 0 bridgehead atoms. The third-order valence-corrected chi connectivity index (χ3v) is 4.21. The van der Waals surface area contributed by atoms with E-state index in [9.17, 15) is 9.18 Å². The standard InChI is InChI=1S/C20H23FN2O3/c21-17-8-4-5-9-19(17)26-14-18(15-6-2-1-3-7-15)23-20(24)12-16-13-25-11-10-22-16/h1-9,16,18,22H,10-14H2,(H,23,24). The number of hydrogen-bond acceptors (Lipinski definition) is 4. The summed E-state index contributed by atoms with van der Waals surface area (Å²) in [7, 11) is 0. The lowest BCUT2D eigenvalue weighted by molar-refractivity contribution is -0.123. The number of benzene rings is 2. The van der Waals surface area contributed by atoms with Crippen LogP contribution in [0.2, 0.25) is 0 Å². The number of amides is 1. The molecule has 1 aliphatic rings. The van der Waals surface area contributed by atoms with Crippen LogP contribution in [0.15, 0.2) is 54.6 Å². The number of carbonyl (C=O) groups is 1. The van der Waals surface area contributed by atoms with Gasteiger partial charge in [-0.05, 0) is 17.7 Å². The SMILES string of the molecule is O=C(CC1COCCN1)NC(COc1ccccc1F)c1ccccc1. The average Bonchev–Trinajstić information content (AvgIpc) is 2.68. The second-order valence-corrected chi connectivity index (χ2v) is 6.20. The van der Waals surface area contributed by atoms with E-state index >= 15 is 0 Å². The molecule has 0 radical (unpaired) electrons. The number of rotatable bonds is 7. The summed E-state index contributed by atoms with van der Waals surface area (Å²) in [5.74, 6) is -0.349. The summed E-state index contributed by atoms with van der Waals surface area (Å²) in [6, 6.07) is 15.4. The molecule has 2 aromatic rings. The number of hydrogen-bond donors (Lipinski definition) is 2. The molecule has 6 heteroatoms. The minimum Gasteiger partial charge on any atom is -0.488 e. The van der Waals surface area contributed by atoms with Crippen molar-refractivity contribution in [3.8, 4) is 5.75 Å². The van der Waals surface area contributed by atoms with E-state index in [1.807, 2.05) is 30.3 Å². The van der Waals surface area contributed by atoms with Gasteiger partial charge in [0.1, 0.15) is 6.61 Å². The first-order chi connectivity index (χ1) is 12.7. The van der Waals surface area contributed by atoms with Crippen molar-refractivity contribution < 1.29 is 18.7 Å². The van der Waals surface area contributed by atoms with Crippen molar-refractivity contribution in [1.82, 2.24) is 10.6 Å². The van der Waals surface area contributed by atoms with E-state index < -0.39 is 5.82 Å². The van der Waals surface area contributed by atoms with Crippen LogP contribution < -0.4 is 15.4 Å². The highest BCUT2D eigenvalue weighted by Crippen LogP contribution is 2.19. The zero-order valence-electron chi connectivity index (χ0n) is 14.5. The van der Waals surface area contributed by atoms with Crippen LogP contribution in [-0.2, 0) is 9.53 Å². The van der Waals surface area contributed by atoms with E-state index in [1.54, 1.807) is 18.2 Å². The first-order valence-corrected chi connectivity index (χ1v) is 8.75. The molecule has 3 rings (SSSR count). The average molecular weight is 358 g/mol. The van der Waals surface area contributed by atoms with Crippen LogP contribution in [0.5, 0.6) is 5.75 Å². The van der Waals surface area contributed by atoms with Gasteiger partial charge in [0.15, 0.2) is 11.6 Å². The van der Waals surface area contributed by atoms with Crippen LogP contribution in [0.3, 0.4) is 0 Å². The van der Waals surface area contributed by atoms with Crippen molar-refractivity contribution in [3.63, 3.8) is 0 Å². The van der Waals surface area contributed by atoms with Crippen molar-refractivity contribution in [2.75, 3.05) is 26.4 Å². The van der Waals surface area contributed by atoms with E-state index in [4.69, 9.17) is 9.47 Å². The Hall–Kier alpha value is -2.44. The first-order valence-electron chi connectivity index (χ1n) is 8.75. The number of halogens is 1. The molecular weight excluding hydrogens is 335 g/mol. The fourth-order valence-electron chi connectivity index (χ4n) is 2.87. The summed E-state index contributed by atoms with van der Waals surface area (Å²) in [5.41, 5.74) is 0.907. The summed E-state index contributed by atoms with van der Waals surface area (Å²) >= 11 is 0. The topological polar surface area (TPSA) is 59.6 Å². The van der Waals surface area contributed by atoms with Crippen LogP contribution >= 0.6 is 0 Å². The maximum absolute atomic E-state index is 13.8. The van der Waals surface area contributed by atoms with Crippen LogP contribution in [-0.4, -0.2) is 38.3 Å². The van der Waals surface area contributed by atoms with Crippen LogP contribution in [0.1, 0.15) is 18.0 Å². The quantitative estimate of drug-likeness (QED) is 0.798. The number of para-hydroxylation sites is 1. The normalized spacial score (nSPS) is 18.1. The van der Waals surface area contributed by atoms with Crippen LogP contribution in [0.25, 0.3) is 0 Å². The molecule has 2 N–H and O–H groups in total. The Kier molecular flexibility index (Phi) is 6.57. The minimum absolute atomic E-state index is 0.00709. The Labute approximate surface area is 152 Å². The van der Waals surface area contributed by atoms with Crippen LogP contribution in [0, 0.1) is 5.82 Å².